The Morgan fingerprint density at radius 3 is 1.00 bits per heavy atom. The summed E-state index contributed by atoms with van der Waals surface area (Å²) < 4.78 is 17.2. The smallest absolute Gasteiger partial charge is 1.00 e. The van der Waals surface area contributed by atoms with Gasteiger partial charge < -0.3 is 93.1 Å². The molecule has 0 saturated carbocycles. The van der Waals surface area contributed by atoms with Gasteiger partial charge in [0.2, 0.25) is 10.7 Å². The summed E-state index contributed by atoms with van der Waals surface area (Å²) in [6, 6.07) is 30.4. The Morgan fingerprint density at radius 1 is 0.414 bits per heavy atom. The van der Waals surface area contributed by atoms with Crippen LogP contribution in [-0.2, 0) is 34.1 Å². The molecule has 0 amide bonds. The van der Waals surface area contributed by atoms with Crippen molar-refractivity contribution >= 4 is 58.1 Å². The molecule has 2 aromatic rings. The molecule has 0 fully saturated rings. The third-order valence-corrected chi connectivity index (χ3v) is 9.56. The van der Waals surface area contributed by atoms with Crippen LogP contribution in [0.25, 0.3) is 44.6 Å². The van der Waals surface area contributed by atoms with Crippen molar-refractivity contribution in [2.24, 2.45) is 0 Å². The van der Waals surface area contributed by atoms with Gasteiger partial charge in [-0.2, -0.15) is 0 Å². The zero-order valence-corrected chi connectivity index (χ0v) is 42.5. The molecule has 328 valence electrons. The van der Waals surface area contributed by atoms with Crippen LogP contribution in [0.15, 0.2) is 93.8 Å². The van der Waals surface area contributed by atoms with Gasteiger partial charge in [-0.25, -0.2) is 9.15 Å². The maximum absolute atomic E-state index is 6.25. The summed E-state index contributed by atoms with van der Waals surface area (Å²) in [5.41, 5.74) is 6.63. The number of fused-ring (bicyclic) bond motifs is 4. The number of halogens is 8. The Kier molecular flexibility index (Phi) is 39.5. The molecule has 2 aromatic carbocycles. The van der Waals surface area contributed by atoms with E-state index >= 15 is 0 Å². The first-order chi connectivity index (χ1) is 23.4. The first-order valence-electron chi connectivity index (χ1n) is 18.0. The van der Waals surface area contributed by atoms with E-state index in [1.54, 1.807) is 0 Å². The number of benzene rings is 4. The molecule has 4 aliphatic rings. The van der Waals surface area contributed by atoms with Gasteiger partial charge in [0.1, 0.15) is 48.9 Å². The minimum absolute atomic E-state index is 0. The van der Waals surface area contributed by atoms with Gasteiger partial charge in [-0.3, -0.25) is 0 Å². The van der Waals surface area contributed by atoms with Gasteiger partial charge in [-0.1, -0.05) is 0 Å². The van der Waals surface area contributed by atoms with Crippen molar-refractivity contribution < 1.29 is 117 Å². The standard InChI is InChI=1S/2C21H27N2O.8ClH.2Fe/c2*1-5-22(6-2)18-11-9-16-13-17-10-12-19(23(7-3)8-4)15-21(17)24-20(16)14-18;;;;;;;;;;/h2*9-15H,5-8H2,1-4H3;8*1H;;/q2*+1;;;;;;;;;2*+2/p-6. The molecular weight excluding hydrogens is 988 g/mol. The predicted molar refractivity (Wildman–Crippen MR) is 220 cm³/mol. The SMILES string of the molecule is CCN(CC)c1ccc2cc3ccc(=[N+](CC)CC)cc-3oc2c1.CCN(CC)c1ccc2cc3ccc(=[N+](CC)CC)cc-3oc2c1.Cl.Cl.[Cl-].[Cl-].[Cl-].[Cl-].[Cl-].[Cl-].[Fe+2].[Fe+2]. The van der Waals surface area contributed by atoms with E-state index in [4.69, 9.17) is 8.83 Å². The van der Waals surface area contributed by atoms with Crippen LogP contribution in [0.1, 0.15) is 55.4 Å². The number of anilines is 2. The molecule has 0 bridgehead atoms. The molecule has 0 radical (unpaired) electrons. The van der Waals surface area contributed by atoms with Gasteiger partial charge in [0.25, 0.3) is 0 Å². The van der Waals surface area contributed by atoms with E-state index in [9.17, 15) is 0 Å². The molecule has 0 N–H and O–H groups in total. The van der Waals surface area contributed by atoms with E-state index in [0.717, 1.165) is 96.9 Å². The van der Waals surface area contributed by atoms with E-state index in [1.165, 1.54) is 22.1 Å². The van der Waals surface area contributed by atoms with E-state index < -0.39 is 0 Å². The van der Waals surface area contributed by atoms with Gasteiger partial charge >= 0.3 is 34.1 Å². The molecule has 0 unspecified atom stereocenters. The van der Waals surface area contributed by atoms with Crippen LogP contribution < -0.4 is 104 Å². The van der Waals surface area contributed by atoms with E-state index in [1.807, 2.05) is 0 Å². The molecule has 2 aliphatic heterocycles. The molecule has 16 heteroatoms. The molecule has 0 atom stereocenters. The van der Waals surface area contributed by atoms with Crippen molar-refractivity contribution in [2.45, 2.75) is 55.4 Å². The fourth-order valence-corrected chi connectivity index (χ4v) is 6.64. The van der Waals surface area contributed by atoms with E-state index in [-0.39, 0.29) is 133 Å². The Bertz CT molecular complexity index is 1930. The molecule has 2 aliphatic carbocycles. The van der Waals surface area contributed by atoms with Gasteiger partial charge in [0, 0.05) is 83.7 Å². The van der Waals surface area contributed by atoms with Crippen molar-refractivity contribution in [3.63, 3.8) is 0 Å². The summed E-state index contributed by atoms with van der Waals surface area (Å²) in [4.78, 5) is 4.68. The van der Waals surface area contributed by atoms with Crippen LogP contribution >= 0.6 is 24.8 Å². The molecule has 6 rings (SSSR count). The Morgan fingerprint density at radius 2 is 0.724 bits per heavy atom. The predicted octanol–water partition coefficient (Wildman–Crippen LogP) is -8.75. The van der Waals surface area contributed by atoms with Crippen LogP contribution in [0.2, 0.25) is 0 Å². The Labute approximate surface area is 417 Å². The van der Waals surface area contributed by atoms with Crippen molar-refractivity contribution in [2.75, 3.05) is 62.2 Å². The van der Waals surface area contributed by atoms with E-state index in [2.05, 4.69) is 159 Å². The topological polar surface area (TPSA) is 38.8 Å². The second-order valence-corrected chi connectivity index (χ2v) is 12.1. The van der Waals surface area contributed by atoms with Gasteiger partial charge in [0.05, 0.1) is 12.1 Å². The summed E-state index contributed by atoms with van der Waals surface area (Å²) in [7, 11) is 0. The maximum atomic E-state index is 6.25. The first-order valence-corrected chi connectivity index (χ1v) is 18.0. The Balaban J connectivity index is -0.000000199. The van der Waals surface area contributed by atoms with Crippen LogP contribution in [0.4, 0.5) is 11.4 Å². The third kappa shape index (κ3) is 16.2. The van der Waals surface area contributed by atoms with Crippen molar-refractivity contribution in [1.29, 1.82) is 0 Å². The Hall–Kier alpha value is -1.22. The first kappa shape index (κ1) is 68.5. The average molecular weight is 1040 g/mol. The zero-order valence-electron chi connectivity index (χ0n) is 34.1. The summed E-state index contributed by atoms with van der Waals surface area (Å²) in [6.07, 6.45) is 0. The molecule has 58 heavy (non-hydrogen) atoms. The largest absolute Gasteiger partial charge is 2.00 e. The maximum Gasteiger partial charge on any atom is 2.00 e. The second-order valence-electron chi connectivity index (χ2n) is 12.1. The normalized spacial score (nSPS) is 9.24. The molecular formula is C42H56Cl8Fe2N4O2. The fraction of sp³-hybridized carbons (Fsp3) is 0.381. The van der Waals surface area contributed by atoms with Crippen LogP contribution in [0.5, 0.6) is 0 Å². The summed E-state index contributed by atoms with van der Waals surface area (Å²) in [6.45, 7) is 25.5. The summed E-state index contributed by atoms with van der Waals surface area (Å²) in [5.74, 6) is 1.90. The average Bonchev–Trinajstić information content (AvgIpc) is 3.12. The summed E-state index contributed by atoms with van der Waals surface area (Å²) >= 11 is 0. The quantitative estimate of drug-likeness (QED) is 0.0779. The summed E-state index contributed by atoms with van der Waals surface area (Å²) in [5, 5.41) is 4.73. The number of hydrogen-bond acceptors (Lipinski definition) is 4. The molecule has 0 spiro atoms. The molecule has 0 saturated heterocycles. The number of nitrogens with zero attached hydrogens (tertiary/aromatic N) is 4. The minimum Gasteiger partial charge on any atom is -1.00 e. The van der Waals surface area contributed by atoms with Crippen LogP contribution in [0, 0.1) is 0 Å². The molecule has 6 nitrogen and oxygen atoms in total. The number of hydrogen-bond donors (Lipinski definition) is 0. The number of rotatable bonds is 10. The van der Waals surface area contributed by atoms with Crippen LogP contribution in [-0.4, -0.2) is 52.4 Å². The van der Waals surface area contributed by atoms with Crippen molar-refractivity contribution in [1.82, 2.24) is 9.15 Å². The molecule has 2 heterocycles. The van der Waals surface area contributed by atoms with Gasteiger partial charge in [0.15, 0.2) is 0 Å². The fourth-order valence-electron chi connectivity index (χ4n) is 6.64. The van der Waals surface area contributed by atoms with E-state index in [0.29, 0.717) is 0 Å². The second kappa shape index (κ2) is 33.4. The van der Waals surface area contributed by atoms with Crippen molar-refractivity contribution in [3.8, 4) is 22.6 Å². The van der Waals surface area contributed by atoms with Gasteiger partial charge in [-0.05, 0) is 104 Å². The van der Waals surface area contributed by atoms with Gasteiger partial charge in [-0.15, -0.1) is 24.8 Å². The van der Waals surface area contributed by atoms with Crippen molar-refractivity contribution in [3.05, 3.63) is 95.6 Å². The third-order valence-electron chi connectivity index (χ3n) is 9.56. The zero-order chi connectivity index (χ0) is 34.2. The van der Waals surface area contributed by atoms with Crippen LogP contribution in [0.3, 0.4) is 0 Å². The monoisotopic (exact) mass is 1040 g/mol. The minimum atomic E-state index is 0. The molecule has 0 aromatic heterocycles.